The van der Waals surface area contributed by atoms with Gasteiger partial charge in [0.15, 0.2) is 0 Å². The second-order valence-electron chi connectivity index (χ2n) is 4.47. The van der Waals surface area contributed by atoms with Crippen molar-refractivity contribution in [1.29, 1.82) is 0 Å². The van der Waals surface area contributed by atoms with Crippen LogP contribution in [-0.4, -0.2) is 5.91 Å². The quantitative estimate of drug-likeness (QED) is 0.862. The molecule has 3 nitrogen and oxygen atoms in total. The van der Waals surface area contributed by atoms with Crippen LogP contribution >= 0.6 is 0 Å². The highest BCUT2D eigenvalue weighted by Crippen LogP contribution is 2.13. The third kappa shape index (κ3) is 3.58. The molecule has 0 aliphatic rings. The summed E-state index contributed by atoms with van der Waals surface area (Å²) in [6, 6.07) is 15.7. The van der Waals surface area contributed by atoms with Gasteiger partial charge in [-0.1, -0.05) is 31.2 Å². The molecule has 2 rings (SSSR count). The number of rotatable bonds is 5. The van der Waals surface area contributed by atoms with Crippen molar-refractivity contribution < 1.29 is 4.79 Å². The molecule has 0 fully saturated rings. The molecule has 0 bridgehead atoms. The molecule has 19 heavy (non-hydrogen) atoms. The maximum atomic E-state index is 11.1. The largest absolute Gasteiger partial charge is 0.381 e. The maximum absolute atomic E-state index is 11.1. The van der Waals surface area contributed by atoms with Gasteiger partial charge >= 0.3 is 0 Å². The fourth-order valence-electron chi connectivity index (χ4n) is 1.94. The minimum Gasteiger partial charge on any atom is -0.381 e. The number of nitrogens with two attached hydrogens (primary N) is 1. The first kappa shape index (κ1) is 13.1. The number of primary amides is 1. The topological polar surface area (TPSA) is 55.1 Å². The lowest BCUT2D eigenvalue weighted by atomic mass is 10.1. The molecule has 3 heteroatoms. The summed E-state index contributed by atoms with van der Waals surface area (Å²) in [7, 11) is 0. The van der Waals surface area contributed by atoms with Crippen molar-refractivity contribution in [2.24, 2.45) is 5.73 Å². The Hall–Kier alpha value is -2.29. The molecule has 0 aromatic heterocycles. The number of amides is 1. The Morgan fingerprint density at radius 1 is 1.11 bits per heavy atom. The smallest absolute Gasteiger partial charge is 0.248 e. The Morgan fingerprint density at radius 2 is 1.84 bits per heavy atom. The predicted molar refractivity (Wildman–Crippen MR) is 78.1 cm³/mol. The van der Waals surface area contributed by atoms with Crippen LogP contribution in [0.25, 0.3) is 0 Å². The zero-order chi connectivity index (χ0) is 13.7. The van der Waals surface area contributed by atoms with Gasteiger partial charge in [0.1, 0.15) is 0 Å². The number of carbonyl (C=O) groups excluding carboxylic acids is 1. The Balaban J connectivity index is 2.05. The lowest BCUT2D eigenvalue weighted by Crippen LogP contribution is -2.11. The summed E-state index contributed by atoms with van der Waals surface area (Å²) < 4.78 is 0. The second kappa shape index (κ2) is 6.05. The van der Waals surface area contributed by atoms with E-state index in [4.69, 9.17) is 5.73 Å². The highest BCUT2D eigenvalue weighted by Gasteiger charge is 2.01. The zero-order valence-corrected chi connectivity index (χ0v) is 11.0. The number of nitrogens with one attached hydrogen (secondary N) is 1. The van der Waals surface area contributed by atoms with Crippen LogP contribution in [0.15, 0.2) is 48.5 Å². The molecule has 0 heterocycles. The molecule has 3 N–H and O–H groups in total. The van der Waals surface area contributed by atoms with E-state index >= 15 is 0 Å². The van der Waals surface area contributed by atoms with Crippen molar-refractivity contribution in [2.45, 2.75) is 19.9 Å². The molecule has 0 saturated carbocycles. The fourth-order valence-corrected chi connectivity index (χ4v) is 1.94. The van der Waals surface area contributed by atoms with Gasteiger partial charge in [-0.15, -0.1) is 0 Å². The summed E-state index contributed by atoms with van der Waals surface area (Å²) in [6.45, 7) is 2.81. The highest BCUT2D eigenvalue weighted by atomic mass is 16.1. The van der Waals surface area contributed by atoms with E-state index in [0.29, 0.717) is 12.1 Å². The average Bonchev–Trinajstić information content (AvgIpc) is 2.45. The van der Waals surface area contributed by atoms with Gasteiger partial charge in [0.25, 0.3) is 0 Å². The van der Waals surface area contributed by atoms with Gasteiger partial charge < -0.3 is 11.1 Å². The summed E-state index contributed by atoms with van der Waals surface area (Å²) >= 11 is 0. The van der Waals surface area contributed by atoms with E-state index in [0.717, 1.165) is 17.7 Å². The zero-order valence-electron chi connectivity index (χ0n) is 11.0. The number of carbonyl (C=O) groups is 1. The van der Waals surface area contributed by atoms with E-state index in [2.05, 4.69) is 24.4 Å². The monoisotopic (exact) mass is 254 g/mol. The average molecular weight is 254 g/mol. The Labute approximate surface area is 113 Å². The van der Waals surface area contributed by atoms with E-state index in [1.54, 1.807) is 6.07 Å². The first-order valence-corrected chi connectivity index (χ1v) is 6.40. The molecule has 98 valence electrons. The van der Waals surface area contributed by atoms with Crippen molar-refractivity contribution in [3.8, 4) is 0 Å². The molecule has 0 aliphatic heterocycles. The van der Waals surface area contributed by atoms with Gasteiger partial charge in [-0.2, -0.15) is 0 Å². The van der Waals surface area contributed by atoms with Crippen LogP contribution in [0.2, 0.25) is 0 Å². The normalized spacial score (nSPS) is 10.2. The summed E-state index contributed by atoms with van der Waals surface area (Å²) in [5, 5.41) is 3.35. The van der Waals surface area contributed by atoms with Gasteiger partial charge in [-0.3, -0.25) is 4.79 Å². The van der Waals surface area contributed by atoms with Crippen LogP contribution < -0.4 is 11.1 Å². The molecule has 0 saturated heterocycles. The van der Waals surface area contributed by atoms with Crippen LogP contribution in [0.3, 0.4) is 0 Å². The predicted octanol–water partition coefficient (Wildman–Crippen LogP) is 2.96. The van der Waals surface area contributed by atoms with Gasteiger partial charge in [0.05, 0.1) is 0 Å². The van der Waals surface area contributed by atoms with E-state index in [-0.39, 0.29) is 0 Å². The molecular weight excluding hydrogens is 236 g/mol. The van der Waals surface area contributed by atoms with Crippen molar-refractivity contribution in [3.63, 3.8) is 0 Å². The number of benzene rings is 2. The third-order valence-corrected chi connectivity index (χ3v) is 3.04. The molecule has 0 aliphatic carbocycles. The number of aryl methyl sites for hydroxylation is 1. The number of anilines is 1. The molecule has 2 aromatic rings. The van der Waals surface area contributed by atoms with E-state index in [1.165, 1.54) is 5.56 Å². The summed E-state index contributed by atoms with van der Waals surface area (Å²) in [5.41, 5.74) is 9.24. The van der Waals surface area contributed by atoms with Gasteiger partial charge in [-0.05, 0) is 41.8 Å². The molecule has 0 radical (unpaired) electrons. The lowest BCUT2D eigenvalue weighted by molar-refractivity contribution is 0.1000. The van der Waals surface area contributed by atoms with Crippen LogP contribution in [0.5, 0.6) is 0 Å². The lowest BCUT2D eigenvalue weighted by Gasteiger charge is -2.08. The molecule has 0 atom stereocenters. The van der Waals surface area contributed by atoms with E-state index in [9.17, 15) is 4.79 Å². The first-order chi connectivity index (χ1) is 9.19. The van der Waals surface area contributed by atoms with E-state index in [1.807, 2.05) is 30.3 Å². The van der Waals surface area contributed by atoms with Crippen LogP contribution in [0.1, 0.15) is 28.4 Å². The van der Waals surface area contributed by atoms with Crippen molar-refractivity contribution in [2.75, 3.05) is 5.32 Å². The number of hydrogen-bond donors (Lipinski definition) is 2. The summed E-state index contributed by atoms with van der Waals surface area (Å²) in [6.07, 6.45) is 1.02. The summed E-state index contributed by atoms with van der Waals surface area (Å²) in [4.78, 5) is 11.1. The van der Waals surface area contributed by atoms with E-state index < -0.39 is 5.91 Å². The Bertz CT molecular complexity index is 578. The highest BCUT2D eigenvalue weighted by molar-refractivity contribution is 5.92. The van der Waals surface area contributed by atoms with Gasteiger partial charge in [-0.25, -0.2) is 0 Å². The fraction of sp³-hybridized carbons (Fsp3) is 0.188. The van der Waals surface area contributed by atoms with Gasteiger partial charge in [0, 0.05) is 17.8 Å². The van der Waals surface area contributed by atoms with Gasteiger partial charge in [0.2, 0.25) is 5.91 Å². The van der Waals surface area contributed by atoms with Crippen molar-refractivity contribution >= 4 is 11.6 Å². The van der Waals surface area contributed by atoms with Crippen LogP contribution in [-0.2, 0) is 13.0 Å². The maximum Gasteiger partial charge on any atom is 0.248 e. The molecular formula is C16H18N2O. The first-order valence-electron chi connectivity index (χ1n) is 6.40. The van der Waals surface area contributed by atoms with Crippen LogP contribution in [0.4, 0.5) is 5.69 Å². The standard InChI is InChI=1S/C16H18N2O/c1-2-12-5-4-8-15(10-12)18-11-13-6-3-7-14(9-13)16(17)19/h3-10,18H,2,11H2,1H3,(H2,17,19). The molecule has 2 aromatic carbocycles. The third-order valence-electron chi connectivity index (χ3n) is 3.04. The Kier molecular flexibility index (Phi) is 4.18. The van der Waals surface area contributed by atoms with Crippen molar-refractivity contribution in [1.82, 2.24) is 0 Å². The second-order valence-corrected chi connectivity index (χ2v) is 4.47. The summed E-state index contributed by atoms with van der Waals surface area (Å²) in [5.74, 6) is -0.394. The molecule has 1 amide bonds. The van der Waals surface area contributed by atoms with Crippen molar-refractivity contribution in [3.05, 3.63) is 65.2 Å². The molecule has 0 spiro atoms. The van der Waals surface area contributed by atoms with Crippen LogP contribution in [0, 0.1) is 0 Å². The minimum atomic E-state index is -0.394. The number of hydrogen-bond acceptors (Lipinski definition) is 2. The SMILES string of the molecule is CCc1cccc(NCc2cccc(C(N)=O)c2)c1. The Morgan fingerprint density at radius 3 is 2.58 bits per heavy atom. The minimum absolute atomic E-state index is 0.394. The molecule has 0 unspecified atom stereocenters.